The minimum atomic E-state index is -0.186. The lowest BCUT2D eigenvalue weighted by molar-refractivity contribution is -0.140. The number of nitrogens with zero attached hydrogens (tertiary/aromatic N) is 1. The monoisotopic (exact) mass is 307 g/mol. The maximum Gasteiger partial charge on any atom is 0.305 e. The number of aromatic nitrogens is 1. The second-order valence-electron chi connectivity index (χ2n) is 4.41. The van der Waals surface area contributed by atoms with Crippen LogP contribution in [0.15, 0.2) is 34.5 Å². The van der Waals surface area contributed by atoms with Gasteiger partial charge in [-0.2, -0.15) is 0 Å². The number of aryl methyl sites for hydroxylation is 2. The van der Waals surface area contributed by atoms with E-state index in [4.69, 9.17) is 0 Å². The van der Waals surface area contributed by atoms with Crippen molar-refractivity contribution in [1.29, 1.82) is 0 Å². The van der Waals surface area contributed by atoms with Crippen LogP contribution in [0.5, 0.6) is 0 Å². The molecule has 0 N–H and O–H groups in total. The molecular formula is C15H17NO2S2. The van der Waals surface area contributed by atoms with Gasteiger partial charge in [0.25, 0.3) is 0 Å². The van der Waals surface area contributed by atoms with Crippen molar-refractivity contribution < 1.29 is 9.53 Å². The van der Waals surface area contributed by atoms with Crippen LogP contribution in [0.1, 0.15) is 22.7 Å². The number of hydrogen-bond donors (Lipinski definition) is 0. The summed E-state index contributed by atoms with van der Waals surface area (Å²) < 4.78 is 4.63. The van der Waals surface area contributed by atoms with Crippen LogP contribution in [0.2, 0.25) is 0 Å². The van der Waals surface area contributed by atoms with E-state index < -0.39 is 0 Å². The van der Waals surface area contributed by atoms with Crippen LogP contribution in [0, 0.1) is 6.92 Å². The maximum absolute atomic E-state index is 11.1. The largest absolute Gasteiger partial charge is 0.469 e. The molecule has 5 heteroatoms. The number of methoxy groups -OCH3 is 1. The first-order valence-corrected chi connectivity index (χ1v) is 8.23. The van der Waals surface area contributed by atoms with Gasteiger partial charge in [0.05, 0.1) is 25.0 Å². The molecular weight excluding hydrogens is 290 g/mol. The van der Waals surface area contributed by atoms with Gasteiger partial charge in [-0.3, -0.25) is 4.79 Å². The summed E-state index contributed by atoms with van der Waals surface area (Å²) in [5, 5.41) is 3.12. The fraction of sp³-hybridized carbons (Fsp3) is 0.333. The number of carbonyl (C=O) groups excluding carboxylic acids is 1. The van der Waals surface area contributed by atoms with E-state index in [-0.39, 0.29) is 5.97 Å². The molecule has 3 nitrogen and oxygen atoms in total. The third kappa shape index (κ3) is 4.65. The Hall–Kier alpha value is -1.33. The third-order valence-corrected chi connectivity index (χ3v) is 4.85. The highest BCUT2D eigenvalue weighted by molar-refractivity contribution is 7.98. The van der Waals surface area contributed by atoms with E-state index in [0.29, 0.717) is 12.8 Å². The van der Waals surface area contributed by atoms with Gasteiger partial charge in [0, 0.05) is 16.7 Å². The van der Waals surface area contributed by atoms with Crippen LogP contribution in [-0.2, 0) is 21.7 Å². The van der Waals surface area contributed by atoms with E-state index in [0.717, 1.165) is 16.5 Å². The van der Waals surface area contributed by atoms with Crippen LogP contribution < -0.4 is 0 Å². The van der Waals surface area contributed by atoms with Crippen LogP contribution >= 0.6 is 23.1 Å². The molecule has 0 radical (unpaired) electrons. The van der Waals surface area contributed by atoms with Crippen molar-refractivity contribution >= 4 is 29.1 Å². The molecule has 2 aromatic rings. The molecule has 106 valence electrons. The standard InChI is InChI=1S/C15H17NO2S2/c1-11-4-3-5-13(8-11)19-10-14-16-12(9-20-14)6-7-15(17)18-2/h3-5,8-9H,6-7,10H2,1-2H3. The summed E-state index contributed by atoms with van der Waals surface area (Å²) in [5.74, 6) is 0.681. The Labute approximate surface area is 127 Å². The summed E-state index contributed by atoms with van der Waals surface area (Å²) in [6.45, 7) is 2.10. The highest BCUT2D eigenvalue weighted by Crippen LogP contribution is 2.25. The normalized spacial score (nSPS) is 10.5. The van der Waals surface area contributed by atoms with Gasteiger partial charge in [0.15, 0.2) is 0 Å². The number of thiazole rings is 1. The molecule has 0 aliphatic carbocycles. The zero-order valence-electron chi connectivity index (χ0n) is 11.6. The molecule has 1 heterocycles. The Kier molecular flexibility index (Phi) is 5.61. The van der Waals surface area contributed by atoms with Gasteiger partial charge in [-0.05, 0) is 19.1 Å². The van der Waals surface area contributed by atoms with E-state index in [1.54, 1.807) is 23.1 Å². The maximum atomic E-state index is 11.1. The van der Waals surface area contributed by atoms with Crippen molar-refractivity contribution in [3.8, 4) is 0 Å². The SMILES string of the molecule is COC(=O)CCc1csc(CSc2cccc(C)c2)n1. The Morgan fingerprint density at radius 2 is 2.30 bits per heavy atom. The van der Waals surface area contributed by atoms with Crippen molar-refractivity contribution in [2.24, 2.45) is 0 Å². The summed E-state index contributed by atoms with van der Waals surface area (Å²) in [6, 6.07) is 8.46. The number of carbonyl (C=O) groups is 1. The number of rotatable bonds is 6. The zero-order valence-corrected chi connectivity index (χ0v) is 13.2. The second-order valence-corrected chi connectivity index (χ2v) is 6.41. The summed E-state index contributed by atoms with van der Waals surface area (Å²) in [7, 11) is 1.41. The van der Waals surface area contributed by atoms with Gasteiger partial charge in [-0.25, -0.2) is 4.98 Å². The molecule has 0 spiro atoms. The predicted molar refractivity (Wildman–Crippen MR) is 83.2 cm³/mol. The van der Waals surface area contributed by atoms with Crippen molar-refractivity contribution in [1.82, 2.24) is 4.98 Å². The molecule has 0 aliphatic rings. The Morgan fingerprint density at radius 1 is 1.45 bits per heavy atom. The molecule has 1 aromatic heterocycles. The minimum Gasteiger partial charge on any atom is -0.469 e. The molecule has 0 unspecified atom stereocenters. The molecule has 0 bridgehead atoms. The van der Waals surface area contributed by atoms with Gasteiger partial charge >= 0.3 is 5.97 Å². The number of thioether (sulfide) groups is 1. The fourth-order valence-electron chi connectivity index (χ4n) is 1.71. The summed E-state index contributed by atoms with van der Waals surface area (Å²) >= 11 is 3.43. The Balaban J connectivity index is 1.85. The average Bonchev–Trinajstić information content (AvgIpc) is 2.90. The fourth-order valence-corrected chi connectivity index (χ4v) is 3.57. The zero-order chi connectivity index (χ0) is 14.4. The molecule has 0 aliphatic heterocycles. The van der Waals surface area contributed by atoms with E-state index in [9.17, 15) is 4.79 Å². The minimum absolute atomic E-state index is 0.186. The highest BCUT2D eigenvalue weighted by atomic mass is 32.2. The van der Waals surface area contributed by atoms with E-state index in [1.807, 2.05) is 5.38 Å². The van der Waals surface area contributed by atoms with E-state index >= 15 is 0 Å². The van der Waals surface area contributed by atoms with E-state index in [2.05, 4.69) is 40.9 Å². The van der Waals surface area contributed by atoms with Gasteiger partial charge in [0.1, 0.15) is 5.01 Å². The van der Waals surface area contributed by atoms with Crippen molar-refractivity contribution in [2.45, 2.75) is 30.4 Å². The third-order valence-electron chi connectivity index (χ3n) is 2.76. The van der Waals surface area contributed by atoms with Gasteiger partial charge in [0.2, 0.25) is 0 Å². The van der Waals surface area contributed by atoms with Gasteiger partial charge in [-0.1, -0.05) is 17.7 Å². The average molecular weight is 307 g/mol. The smallest absolute Gasteiger partial charge is 0.305 e. The summed E-state index contributed by atoms with van der Waals surface area (Å²) in [6.07, 6.45) is 1.04. The highest BCUT2D eigenvalue weighted by Gasteiger charge is 2.06. The quantitative estimate of drug-likeness (QED) is 0.600. The first-order chi connectivity index (χ1) is 9.67. The van der Waals surface area contributed by atoms with Crippen molar-refractivity contribution in [3.63, 3.8) is 0 Å². The molecule has 0 atom stereocenters. The number of ether oxygens (including phenoxy) is 1. The van der Waals surface area contributed by atoms with Crippen LogP contribution in [0.25, 0.3) is 0 Å². The van der Waals surface area contributed by atoms with E-state index in [1.165, 1.54) is 17.6 Å². The summed E-state index contributed by atoms with van der Waals surface area (Å²) in [5.41, 5.74) is 2.24. The lowest BCUT2D eigenvalue weighted by atomic mass is 10.2. The molecule has 0 saturated carbocycles. The molecule has 1 aromatic carbocycles. The molecule has 0 fully saturated rings. The first-order valence-electron chi connectivity index (χ1n) is 6.37. The number of esters is 1. The molecule has 2 rings (SSSR count). The molecule has 0 saturated heterocycles. The van der Waals surface area contributed by atoms with Crippen molar-refractivity contribution in [2.75, 3.05) is 7.11 Å². The topological polar surface area (TPSA) is 39.2 Å². The lowest BCUT2D eigenvalue weighted by Crippen LogP contribution is -2.02. The van der Waals surface area contributed by atoms with Gasteiger partial charge in [-0.15, -0.1) is 23.1 Å². The number of benzene rings is 1. The number of hydrogen-bond acceptors (Lipinski definition) is 5. The summed E-state index contributed by atoms with van der Waals surface area (Å²) in [4.78, 5) is 16.9. The van der Waals surface area contributed by atoms with Crippen LogP contribution in [0.3, 0.4) is 0 Å². The first kappa shape index (κ1) is 15.1. The van der Waals surface area contributed by atoms with Crippen LogP contribution in [0.4, 0.5) is 0 Å². The van der Waals surface area contributed by atoms with Gasteiger partial charge < -0.3 is 4.74 Å². The predicted octanol–water partition coefficient (Wildman–Crippen LogP) is 3.85. The molecule has 20 heavy (non-hydrogen) atoms. The van der Waals surface area contributed by atoms with Crippen LogP contribution in [-0.4, -0.2) is 18.1 Å². The lowest BCUT2D eigenvalue weighted by Gasteiger charge is -2.00. The second kappa shape index (κ2) is 7.45. The Bertz CT molecular complexity index is 581. The van der Waals surface area contributed by atoms with Crippen molar-refractivity contribution in [3.05, 3.63) is 45.9 Å². The molecule has 0 amide bonds. The Morgan fingerprint density at radius 3 is 3.05 bits per heavy atom.